The molecule has 0 saturated heterocycles. The van der Waals surface area contributed by atoms with Crippen molar-refractivity contribution in [2.75, 3.05) is 0 Å². The van der Waals surface area contributed by atoms with E-state index in [9.17, 15) is 5.26 Å². The number of hydrogen-bond acceptors (Lipinski definition) is 3. The quantitative estimate of drug-likeness (QED) is 0.496. The molecule has 2 nitrogen and oxygen atoms in total. The number of nitrogens with zero attached hydrogens (tertiary/aromatic N) is 2. The van der Waals surface area contributed by atoms with Crippen LogP contribution in [0.1, 0.15) is 9.44 Å². The Morgan fingerprint density at radius 1 is 1.29 bits per heavy atom. The van der Waals surface area contributed by atoms with Crippen molar-refractivity contribution in [2.24, 2.45) is 0 Å². The SMILES string of the molecule is N#C/C(=C\c1cccs1)c1nc(-c2ccc(Cl)cc2)c[se]1. The van der Waals surface area contributed by atoms with Crippen LogP contribution in [0, 0.1) is 11.3 Å². The molecule has 0 amide bonds. The van der Waals surface area contributed by atoms with Crippen molar-refractivity contribution in [3.63, 3.8) is 0 Å². The van der Waals surface area contributed by atoms with Crippen LogP contribution in [0.3, 0.4) is 0 Å². The molecule has 0 aliphatic heterocycles. The third-order valence-electron chi connectivity index (χ3n) is 2.82. The average molecular weight is 376 g/mol. The molecule has 0 atom stereocenters. The number of hydrogen-bond donors (Lipinski definition) is 0. The van der Waals surface area contributed by atoms with Crippen molar-refractivity contribution >= 4 is 49.1 Å². The van der Waals surface area contributed by atoms with Gasteiger partial charge in [0.1, 0.15) is 0 Å². The number of nitriles is 1. The van der Waals surface area contributed by atoms with Crippen LogP contribution in [0.2, 0.25) is 5.02 Å². The van der Waals surface area contributed by atoms with Crippen LogP contribution in [0.25, 0.3) is 22.9 Å². The number of thiophene rings is 1. The molecule has 0 fully saturated rings. The second-order valence-electron chi connectivity index (χ2n) is 4.23. The summed E-state index contributed by atoms with van der Waals surface area (Å²) in [6.07, 6.45) is 1.91. The van der Waals surface area contributed by atoms with Crippen molar-refractivity contribution < 1.29 is 0 Å². The van der Waals surface area contributed by atoms with Crippen LogP contribution in [0.5, 0.6) is 0 Å². The minimum atomic E-state index is 0.0911. The molecule has 5 heteroatoms. The van der Waals surface area contributed by atoms with Gasteiger partial charge in [-0.05, 0) is 0 Å². The Bertz CT molecular complexity index is 811. The van der Waals surface area contributed by atoms with E-state index in [0.717, 1.165) is 20.7 Å². The predicted molar refractivity (Wildman–Crippen MR) is 89.4 cm³/mol. The summed E-state index contributed by atoms with van der Waals surface area (Å²) in [5.41, 5.74) is 2.61. The number of allylic oxidation sites excluding steroid dienone is 1. The Labute approximate surface area is 137 Å². The van der Waals surface area contributed by atoms with Crippen LogP contribution in [0.15, 0.2) is 46.7 Å². The third-order valence-corrected chi connectivity index (χ3v) is 5.73. The summed E-state index contributed by atoms with van der Waals surface area (Å²) in [6.45, 7) is 0. The summed E-state index contributed by atoms with van der Waals surface area (Å²) in [5.74, 6) is 0. The molecule has 0 aliphatic carbocycles. The zero-order valence-electron chi connectivity index (χ0n) is 10.8. The van der Waals surface area contributed by atoms with Gasteiger partial charge in [-0.25, -0.2) is 0 Å². The molecule has 0 spiro atoms. The Morgan fingerprint density at radius 2 is 2.10 bits per heavy atom. The topological polar surface area (TPSA) is 36.7 Å². The number of aromatic nitrogens is 1. The van der Waals surface area contributed by atoms with E-state index < -0.39 is 0 Å². The van der Waals surface area contributed by atoms with Gasteiger partial charge in [0.05, 0.1) is 0 Å². The number of halogens is 1. The van der Waals surface area contributed by atoms with E-state index in [1.54, 1.807) is 11.3 Å². The van der Waals surface area contributed by atoms with Gasteiger partial charge in [0.15, 0.2) is 0 Å². The van der Waals surface area contributed by atoms with Gasteiger partial charge in [0.25, 0.3) is 0 Å². The van der Waals surface area contributed by atoms with Crippen LogP contribution in [0.4, 0.5) is 0 Å². The van der Waals surface area contributed by atoms with Crippen LogP contribution in [-0.4, -0.2) is 19.5 Å². The molecule has 1 aromatic carbocycles. The second kappa shape index (κ2) is 6.43. The minimum absolute atomic E-state index is 0.0911. The molecule has 0 N–H and O–H groups in total. The van der Waals surface area contributed by atoms with Gasteiger partial charge in [-0.15, -0.1) is 0 Å². The zero-order chi connectivity index (χ0) is 14.7. The third kappa shape index (κ3) is 3.34. The molecule has 0 unspecified atom stereocenters. The molecule has 21 heavy (non-hydrogen) atoms. The zero-order valence-corrected chi connectivity index (χ0v) is 14.1. The molecule has 0 saturated carbocycles. The van der Waals surface area contributed by atoms with Gasteiger partial charge in [-0.2, -0.15) is 0 Å². The van der Waals surface area contributed by atoms with Crippen LogP contribution >= 0.6 is 22.9 Å². The fraction of sp³-hybridized carbons (Fsp3) is 0. The predicted octanol–water partition coefficient (Wildman–Crippen LogP) is 4.58. The normalized spacial score (nSPS) is 11.3. The Kier molecular flexibility index (Phi) is 4.38. The molecule has 2 heterocycles. The molecule has 3 rings (SSSR count). The van der Waals surface area contributed by atoms with Gasteiger partial charge < -0.3 is 0 Å². The van der Waals surface area contributed by atoms with E-state index in [4.69, 9.17) is 11.6 Å². The molecular formula is C16H9ClN2SSe. The molecule has 0 bridgehead atoms. The van der Waals surface area contributed by atoms with Gasteiger partial charge in [-0.3, -0.25) is 0 Å². The van der Waals surface area contributed by atoms with Gasteiger partial charge >= 0.3 is 138 Å². The van der Waals surface area contributed by atoms with Crippen molar-refractivity contribution in [3.05, 3.63) is 61.2 Å². The van der Waals surface area contributed by atoms with Crippen molar-refractivity contribution in [2.45, 2.75) is 0 Å². The molecule has 0 aliphatic rings. The van der Waals surface area contributed by atoms with Crippen molar-refractivity contribution in [1.82, 2.24) is 4.98 Å². The molecule has 0 radical (unpaired) electrons. The Morgan fingerprint density at radius 3 is 2.76 bits per heavy atom. The first kappa shape index (κ1) is 14.3. The average Bonchev–Trinajstić information content (AvgIpc) is 3.17. The maximum atomic E-state index is 9.35. The second-order valence-corrected chi connectivity index (χ2v) is 7.45. The van der Waals surface area contributed by atoms with E-state index in [1.165, 1.54) is 0 Å². The van der Waals surface area contributed by atoms with E-state index >= 15 is 0 Å². The van der Waals surface area contributed by atoms with Gasteiger partial charge in [0.2, 0.25) is 0 Å². The summed E-state index contributed by atoms with van der Waals surface area (Å²) in [7, 11) is 0. The fourth-order valence-electron chi connectivity index (χ4n) is 1.81. The van der Waals surface area contributed by atoms with Crippen LogP contribution in [-0.2, 0) is 0 Å². The summed E-state index contributed by atoms with van der Waals surface area (Å²) < 4.78 is 0.878. The van der Waals surface area contributed by atoms with E-state index in [2.05, 4.69) is 16.0 Å². The van der Waals surface area contributed by atoms with E-state index in [-0.39, 0.29) is 14.5 Å². The maximum absolute atomic E-state index is 9.35. The van der Waals surface area contributed by atoms with Crippen LogP contribution < -0.4 is 0 Å². The molecule has 102 valence electrons. The summed E-state index contributed by atoms with van der Waals surface area (Å²) in [4.78, 5) is 7.79. The van der Waals surface area contributed by atoms with E-state index in [1.807, 2.05) is 47.9 Å². The number of rotatable bonds is 3. The first-order valence-electron chi connectivity index (χ1n) is 6.13. The number of benzene rings is 1. The van der Waals surface area contributed by atoms with E-state index in [0.29, 0.717) is 10.6 Å². The van der Waals surface area contributed by atoms with Gasteiger partial charge in [0, 0.05) is 0 Å². The molecular weight excluding hydrogens is 367 g/mol. The van der Waals surface area contributed by atoms with Crippen molar-refractivity contribution in [1.29, 1.82) is 5.26 Å². The Balaban J connectivity index is 1.94. The van der Waals surface area contributed by atoms with Crippen molar-refractivity contribution in [3.8, 4) is 17.3 Å². The van der Waals surface area contributed by atoms with Gasteiger partial charge in [-0.1, -0.05) is 0 Å². The standard InChI is InChI=1S/C16H9ClN2SSe/c17-13-5-3-11(4-6-13)15-10-21-16(19-15)12(9-18)8-14-2-1-7-20-14/h1-8,10H/b12-8+. The first-order valence-corrected chi connectivity index (χ1v) is 9.24. The monoisotopic (exact) mass is 376 g/mol. The summed E-state index contributed by atoms with van der Waals surface area (Å²) in [6, 6.07) is 13.8. The Hall–Kier alpha value is -1.63. The first-order chi connectivity index (χ1) is 10.3. The summed E-state index contributed by atoms with van der Waals surface area (Å²) in [5, 5.41) is 12.1. The molecule has 3 aromatic rings. The fourth-order valence-corrected chi connectivity index (χ4v) is 4.26. The summed E-state index contributed by atoms with van der Waals surface area (Å²) >= 11 is 7.61. The molecule has 2 aromatic heterocycles.